The Labute approximate surface area is 183 Å². The molecule has 162 valence electrons. The van der Waals surface area contributed by atoms with Crippen molar-refractivity contribution in [3.63, 3.8) is 0 Å². The highest BCUT2D eigenvalue weighted by molar-refractivity contribution is 6.16. The first-order valence-corrected chi connectivity index (χ1v) is 9.85. The van der Waals surface area contributed by atoms with E-state index in [4.69, 9.17) is 11.1 Å². The van der Waals surface area contributed by atoms with Crippen LogP contribution in [0.25, 0.3) is 0 Å². The maximum absolute atomic E-state index is 13.5. The minimum absolute atomic E-state index is 0.0616. The average Bonchev–Trinajstić information content (AvgIpc) is 2.79. The van der Waals surface area contributed by atoms with E-state index in [1.165, 1.54) is 18.5 Å². The number of halogens is 1. The molecular weight excluding hydrogens is 411 g/mol. The van der Waals surface area contributed by atoms with Crippen LogP contribution in [0.2, 0.25) is 0 Å². The molecule has 9 heteroatoms. The van der Waals surface area contributed by atoms with Gasteiger partial charge in [-0.1, -0.05) is 24.8 Å². The monoisotopic (exact) mass is 432 g/mol. The standard InChI is InChI=1S/C23H21FN6O2/c1-2-19(32)30-11-15(9-13-5-3-4-6-17(13)30)29-23-20(22(26)27-12-28-23)21(25)14-7-8-16(24)18(31)10-14/h2-8,10,12,15,25,31H,1,9,11H2,(H3,26,27,28,29). The van der Waals surface area contributed by atoms with Gasteiger partial charge in [-0.3, -0.25) is 10.2 Å². The lowest BCUT2D eigenvalue weighted by molar-refractivity contribution is -0.114. The summed E-state index contributed by atoms with van der Waals surface area (Å²) in [6.45, 7) is 3.95. The summed E-state index contributed by atoms with van der Waals surface area (Å²) in [5.74, 6) is -1.21. The summed E-state index contributed by atoms with van der Waals surface area (Å²) in [7, 11) is 0. The van der Waals surface area contributed by atoms with Gasteiger partial charge >= 0.3 is 0 Å². The fourth-order valence-electron chi connectivity index (χ4n) is 3.77. The molecule has 3 aromatic rings. The Kier molecular flexibility index (Phi) is 5.55. The van der Waals surface area contributed by atoms with Gasteiger partial charge in [-0.15, -0.1) is 0 Å². The molecule has 0 aliphatic carbocycles. The van der Waals surface area contributed by atoms with Gasteiger partial charge in [0.15, 0.2) is 11.6 Å². The number of aromatic nitrogens is 2. The van der Waals surface area contributed by atoms with Crippen LogP contribution in [-0.2, 0) is 11.2 Å². The van der Waals surface area contributed by atoms with E-state index in [1.807, 2.05) is 24.3 Å². The highest BCUT2D eigenvalue weighted by Gasteiger charge is 2.28. The van der Waals surface area contributed by atoms with E-state index in [2.05, 4.69) is 21.9 Å². The van der Waals surface area contributed by atoms with Crippen LogP contribution in [0.4, 0.5) is 21.7 Å². The Hall–Kier alpha value is -4.27. The second kappa shape index (κ2) is 8.46. The van der Waals surface area contributed by atoms with E-state index >= 15 is 0 Å². The van der Waals surface area contributed by atoms with E-state index in [0.717, 1.165) is 23.4 Å². The number of carbonyl (C=O) groups excluding carboxylic acids is 1. The zero-order valence-electron chi connectivity index (χ0n) is 17.0. The normalized spacial score (nSPS) is 15.0. The number of para-hydroxylation sites is 1. The van der Waals surface area contributed by atoms with Gasteiger partial charge in [0.1, 0.15) is 18.0 Å². The number of fused-ring (bicyclic) bond motifs is 1. The largest absolute Gasteiger partial charge is 0.505 e. The Morgan fingerprint density at radius 3 is 2.84 bits per heavy atom. The smallest absolute Gasteiger partial charge is 0.250 e. The maximum Gasteiger partial charge on any atom is 0.250 e. The van der Waals surface area contributed by atoms with Gasteiger partial charge < -0.3 is 21.1 Å². The van der Waals surface area contributed by atoms with Crippen molar-refractivity contribution in [1.29, 1.82) is 5.41 Å². The summed E-state index contributed by atoms with van der Waals surface area (Å²) >= 11 is 0. The molecular formula is C23H21FN6O2. The van der Waals surface area contributed by atoms with Crippen molar-refractivity contribution in [3.8, 4) is 5.75 Å². The number of anilines is 3. The van der Waals surface area contributed by atoms with Gasteiger partial charge in [0.05, 0.1) is 11.3 Å². The van der Waals surface area contributed by atoms with Crippen LogP contribution in [0.3, 0.4) is 0 Å². The molecule has 1 aromatic heterocycles. The molecule has 2 heterocycles. The van der Waals surface area contributed by atoms with E-state index in [-0.39, 0.29) is 34.6 Å². The number of hydrogen-bond acceptors (Lipinski definition) is 7. The summed E-state index contributed by atoms with van der Waals surface area (Å²) in [6.07, 6.45) is 3.16. The summed E-state index contributed by atoms with van der Waals surface area (Å²) in [5.41, 5.74) is 8.27. The predicted molar refractivity (Wildman–Crippen MR) is 121 cm³/mol. The van der Waals surface area contributed by atoms with E-state index in [0.29, 0.717) is 18.8 Å². The van der Waals surface area contributed by atoms with Crippen LogP contribution in [0, 0.1) is 11.2 Å². The van der Waals surface area contributed by atoms with Crippen LogP contribution in [0.1, 0.15) is 16.7 Å². The van der Waals surface area contributed by atoms with Crippen molar-refractivity contribution in [1.82, 2.24) is 9.97 Å². The van der Waals surface area contributed by atoms with Crippen LogP contribution >= 0.6 is 0 Å². The number of nitrogen functional groups attached to an aromatic ring is 1. The minimum Gasteiger partial charge on any atom is -0.505 e. The van der Waals surface area contributed by atoms with Crippen LogP contribution in [0.15, 0.2) is 61.4 Å². The number of benzene rings is 2. The number of phenolic OH excluding ortho intramolecular Hbond substituents is 1. The molecule has 1 aliphatic rings. The lowest BCUT2D eigenvalue weighted by atomic mass is 9.97. The van der Waals surface area contributed by atoms with Crippen LogP contribution in [-0.4, -0.2) is 39.3 Å². The van der Waals surface area contributed by atoms with Crippen molar-refractivity contribution in [2.24, 2.45) is 0 Å². The quantitative estimate of drug-likeness (QED) is 0.363. The first-order valence-electron chi connectivity index (χ1n) is 9.85. The molecule has 1 unspecified atom stereocenters. The first-order chi connectivity index (χ1) is 15.4. The molecule has 0 fully saturated rings. The second-order valence-electron chi connectivity index (χ2n) is 7.35. The van der Waals surface area contributed by atoms with Gasteiger partial charge in [0.25, 0.3) is 0 Å². The van der Waals surface area contributed by atoms with E-state index < -0.39 is 11.6 Å². The molecule has 32 heavy (non-hydrogen) atoms. The Bertz CT molecular complexity index is 1230. The highest BCUT2D eigenvalue weighted by Crippen LogP contribution is 2.30. The Morgan fingerprint density at radius 1 is 1.31 bits per heavy atom. The zero-order valence-corrected chi connectivity index (χ0v) is 17.0. The van der Waals surface area contributed by atoms with Crippen molar-refractivity contribution in [3.05, 3.63) is 84.0 Å². The molecule has 0 radical (unpaired) electrons. The van der Waals surface area contributed by atoms with Gasteiger partial charge in [0, 0.05) is 23.8 Å². The third-order valence-electron chi connectivity index (χ3n) is 5.29. The molecule has 1 amide bonds. The summed E-state index contributed by atoms with van der Waals surface area (Å²) in [4.78, 5) is 22.3. The lowest BCUT2D eigenvalue weighted by Crippen LogP contribution is -2.45. The van der Waals surface area contributed by atoms with Gasteiger partial charge in [0.2, 0.25) is 5.91 Å². The van der Waals surface area contributed by atoms with Crippen LogP contribution < -0.4 is 16.0 Å². The third kappa shape index (κ3) is 3.87. The maximum atomic E-state index is 13.5. The fourth-order valence-corrected chi connectivity index (χ4v) is 3.77. The Morgan fingerprint density at radius 2 is 2.09 bits per heavy atom. The second-order valence-corrected chi connectivity index (χ2v) is 7.35. The van der Waals surface area contributed by atoms with E-state index in [1.54, 1.807) is 4.90 Å². The minimum atomic E-state index is -0.787. The van der Waals surface area contributed by atoms with Gasteiger partial charge in [-0.05, 0) is 42.3 Å². The van der Waals surface area contributed by atoms with Crippen molar-refractivity contribution in [2.75, 3.05) is 22.5 Å². The number of hydrogen-bond donors (Lipinski definition) is 4. The molecule has 4 rings (SSSR count). The molecule has 1 aliphatic heterocycles. The predicted octanol–water partition coefficient (Wildman–Crippen LogP) is 2.88. The zero-order chi connectivity index (χ0) is 22.8. The molecule has 0 bridgehead atoms. The molecule has 1 atom stereocenters. The average molecular weight is 432 g/mol. The SMILES string of the molecule is C=CC(=O)N1CC(Nc2ncnc(N)c2C(=N)c2ccc(F)c(O)c2)Cc2ccccc21. The number of nitrogens with one attached hydrogen (secondary N) is 2. The molecule has 0 spiro atoms. The number of amides is 1. The number of aromatic hydroxyl groups is 1. The number of phenols is 1. The Balaban J connectivity index is 1.68. The fraction of sp³-hybridized carbons (Fsp3) is 0.130. The molecule has 0 saturated heterocycles. The number of nitrogens with two attached hydrogens (primary N) is 1. The van der Waals surface area contributed by atoms with Gasteiger partial charge in [-0.2, -0.15) is 0 Å². The number of rotatable bonds is 5. The molecule has 0 saturated carbocycles. The summed E-state index contributed by atoms with van der Waals surface area (Å²) in [5, 5.41) is 21.6. The third-order valence-corrected chi connectivity index (χ3v) is 5.29. The number of carbonyl (C=O) groups is 1. The number of nitrogens with zero attached hydrogens (tertiary/aromatic N) is 3. The van der Waals surface area contributed by atoms with Crippen molar-refractivity contribution in [2.45, 2.75) is 12.5 Å². The summed E-state index contributed by atoms with van der Waals surface area (Å²) < 4.78 is 13.5. The van der Waals surface area contributed by atoms with Crippen molar-refractivity contribution >= 4 is 28.9 Å². The molecule has 8 nitrogen and oxygen atoms in total. The topological polar surface area (TPSA) is 128 Å². The van der Waals surface area contributed by atoms with Crippen LogP contribution in [0.5, 0.6) is 5.75 Å². The highest BCUT2D eigenvalue weighted by atomic mass is 19.1. The van der Waals surface area contributed by atoms with Gasteiger partial charge in [-0.25, -0.2) is 14.4 Å². The first kappa shape index (κ1) is 21.0. The lowest BCUT2D eigenvalue weighted by Gasteiger charge is -2.35. The van der Waals surface area contributed by atoms with Crippen molar-refractivity contribution < 1.29 is 14.3 Å². The molecule has 2 aromatic carbocycles. The molecule has 5 N–H and O–H groups in total. The summed E-state index contributed by atoms with van der Waals surface area (Å²) in [6, 6.07) is 11.0. The van der Waals surface area contributed by atoms with E-state index in [9.17, 15) is 14.3 Å².